The Hall–Kier alpha value is -2.59. The van der Waals surface area contributed by atoms with Crippen LogP contribution >= 0.6 is 0 Å². The highest BCUT2D eigenvalue weighted by Gasteiger charge is 2.53. The number of aliphatic hydroxyl groups is 1. The first-order valence-corrected chi connectivity index (χ1v) is 8.41. The summed E-state index contributed by atoms with van der Waals surface area (Å²) in [4.78, 5) is 28.2. The summed E-state index contributed by atoms with van der Waals surface area (Å²) < 4.78 is 23.5. The van der Waals surface area contributed by atoms with E-state index in [0.717, 1.165) is 5.56 Å². The third-order valence-electron chi connectivity index (χ3n) is 4.62. The molecule has 142 valence electrons. The molecule has 0 saturated carbocycles. The van der Waals surface area contributed by atoms with Gasteiger partial charge in [0, 0.05) is 18.0 Å². The molecular formula is C18H18N2O7. The Morgan fingerprint density at radius 3 is 2.67 bits per heavy atom. The van der Waals surface area contributed by atoms with E-state index < -0.39 is 42.4 Å². The number of ether oxygens (including phenoxy) is 4. The smallest absolute Gasteiger partial charge is 0.362 e. The minimum Gasteiger partial charge on any atom is -0.464 e. The van der Waals surface area contributed by atoms with Gasteiger partial charge in [0.15, 0.2) is 12.5 Å². The van der Waals surface area contributed by atoms with Crippen molar-refractivity contribution < 1.29 is 28.8 Å². The van der Waals surface area contributed by atoms with Crippen LogP contribution in [0.15, 0.2) is 47.5 Å². The van der Waals surface area contributed by atoms with Gasteiger partial charge in [-0.05, 0) is 0 Å². The summed E-state index contributed by atoms with van der Waals surface area (Å²) in [6, 6.07) is 9.34. The van der Waals surface area contributed by atoms with Gasteiger partial charge in [0.2, 0.25) is 5.69 Å². The zero-order chi connectivity index (χ0) is 19.0. The van der Waals surface area contributed by atoms with Crippen LogP contribution in [0.4, 0.5) is 0 Å². The molecule has 1 unspecified atom stereocenters. The highest BCUT2D eigenvalue weighted by molar-refractivity contribution is 5.86. The van der Waals surface area contributed by atoms with Crippen molar-refractivity contribution in [3.05, 3.63) is 64.3 Å². The number of nitrogens with zero attached hydrogens (tertiary/aromatic N) is 2. The summed E-state index contributed by atoms with van der Waals surface area (Å²) in [6.07, 6.45) is -0.683. The Morgan fingerprint density at radius 1 is 1.22 bits per heavy atom. The van der Waals surface area contributed by atoms with Crippen LogP contribution in [0.25, 0.3) is 0 Å². The Labute approximate surface area is 154 Å². The molecule has 4 rings (SSSR count). The Morgan fingerprint density at radius 2 is 1.96 bits per heavy atom. The predicted molar refractivity (Wildman–Crippen MR) is 89.8 cm³/mol. The molecule has 2 aliphatic heterocycles. The largest absolute Gasteiger partial charge is 0.464 e. The van der Waals surface area contributed by atoms with Crippen molar-refractivity contribution in [3.63, 3.8) is 0 Å². The highest BCUT2D eigenvalue weighted by Crippen LogP contribution is 2.43. The molecule has 9 heteroatoms. The third kappa shape index (κ3) is 3.04. The van der Waals surface area contributed by atoms with Crippen molar-refractivity contribution in [3.8, 4) is 0 Å². The molecule has 2 fully saturated rings. The van der Waals surface area contributed by atoms with E-state index in [1.165, 1.54) is 24.1 Å². The van der Waals surface area contributed by atoms with E-state index in [0.29, 0.717) is 0 Å². The zero-order valence-corrected chi connectivity index (χ0v) is 14.4. The summed E-state index contributed by atoms with van der Waals surface area (Å²) in [5.41, 5.74) is -0.204. The van der Waals surface area contributed by atoms with Crippen molar-refractivity contribution >= 4 is 5.97 Å². The van der Waals surface area contributed by atoms with Gasteiger partial charge in [0.25, 0.3) is 5.56 Å². The van der Waals surface area contributed by atoms with Gasteiger partial charge >= 0.3 is 5.97 Å². The fourth-order valence-electron chi connectivity index (χ4n) is 3.34. The minimum absolute atomic E-state index is 0.299. The van der Waals surface area contributed by atoms with E-state index in [-0.39, 0.29) is 12.3 Å². The Balaban J connectivity index is 1.67. The first kappa shape index (κ1) is 17.8. The summed E-state index contributed by atoms with van der Waals surface area (Å²) in [6.45, 7) is -0.299. The monoisotopic (exact) mass is 374 g/mol. The van der Waals surface area contributed by atoms with Crippen molar-refractivity contribution in [2.75, 3.05) is 13.7 Å². The van der Waals surface area contributed by atoms with Gasteiger partial charge in [-0.15, -0.1) is 0 Å². The Bertz CT molecular complexity index is 885. The van der Waals surface area contributed by atoms with Crippen LogP contribution in [0.5, 0.6) is 0 Å². The molecule has 5 atom stereocenters. The standard InChI is InChI=1S/C18H18N2O7/c1-24-17(23)12-15(22)20(8-7-19-12)16-14-13(11(9-21)25-16)26-18(27-14)10-5-3-2-4-6-10/h2-8,11,13-14,16,18,21H,9H2,1H3/t11-,13-,14-,16-,18?/m1/s1. The fourth-order valence-corrected chi connectivity index (χ4v) is 3.34. The molecule has 27 heavy (non-hydrogen) atoms. The molecule has 0 amide bonds. The lowest BCUT2D eigenvalue weighted by molar-refractivity contribution is -0.154. The van der Waals surface area contributed by atoms with Crippen LogP contribution in [-0.2, 0) is 18.9 Å². The van der Waals surface area contributed by atoms with Gasteiger partial charge in [-0.1, -0.05) is 30.3 Å². The third-order valence-corrected chi connectivity index (χ3v) is 4.62. The molecule has 3 heterocycles. The maximum Gasteiger partial charge on any atom is 0.362 e. The number of hydrogen-bond donors (Lipinski definition) is 1. The van der Waals surface area contributed by atoms with Gasteiger partial charge in [-0.3, -0.25) is 9.36 Å². The van der Waals surface area contributed by atoms with E-state index in [9.17, 15) is 14.7 Å². The number of rotatable bonds is 4. The van der Waals surface area contributed by atoms with Crippen molar-refractivity contribution in [2.24, 2.45) is 0 Å². The second kappa shape index (κ2) is 7.20. The number of aromatic nitrogens is 2. The number of carbonyl (C=O) groups is 1. The normalized spacial score (nSPS) is 29.5. The molecular weight excluding hydrogens is 356 g/mol. The molecule has 0 bridgehead atoms. The number of methoxy groups -OCH3 is 1. The maximum absolute atomic E-state index is 12.7. The molecule has 1 aromatic heterocycles. The van der Waals surface area contributed by atoms with Crippen LogP contribution in [0.3, 0.4) is 0 Å². The number of esters is 1. The number of carbonyl (C=O) groups excluding carboxylic acids is 1. The number of aliphatic hydroxyl groups excluding tert-OH is 1. The molecule has 1 aromatic carbocycles. The molecule has 0 aliphatic carbocycles. The lowest BCUT2D eigenvalue weighted by Gasteiger charge is -2.21. The van der Waals surface area contributed by atoms with E-state index >= 15 is 0 Å². The van der Waals surface area contributed by atoms with Gasteiger partial charge in [-0.25, -0.2) is 9.78 Å². The molecule has 9 nitrogen and oxygen atoms in total. The summed E-state index contributed by atoms with van der Waals surface area (Å²) >= 11 is 0. The maximum atomic E-state index is 12.7. The topological polar surface area (TPSA) is 109 Å². The van der Waals surface area contributed by atoms with Crippen molar-refractivity contribution in [1.82, 2.24) is 9.55 Å². The van der Waals surface area contributed by atoms with E-state index in [1.807, 2.05) is 30.3 Å². The van der Waals surface area contributed by atoms with Gasteiger partial charge in [-0.2, -0.15) is 0 Å². The molecule has 2 aliphatic rings. The quantitative estimate of drug-likeness (QED) is 0.766. The van der Waals surface area contributed by atoms with Crippen LogP contribution < -0.4 is 5.56 Å². The average Bonchev–Trinajstić information content (AvgIpc) is 3.28. The fraction of sp³-hybridized carbons (Fsp3) is 0.389. The lowest BCUT2D eigenvalue weighted by atomic mass is 10.1. The second-order valence-corrected chi connectivity index (χ2v) is 6.17. The van der Waals surface area contributed by atoms with Gasteiger partial charge in [0.05, 0.1) is 13.7 Å². The summed E-state index contributed by atoms with van der Waals surface area (Å²) in [5, 5.41) is 9.65. The van der Waals surface area contributed by atoms with E-state index in [2.05, 4.69) is 9.72 Å². The summed E-state index contributed by atoms with van der Waals surface area (Å²) in [5.74, 6) is -0.839. The summed E-state index contributed by atoms with van der Waals surface area (Å²) in [7, 11) is 1.17. The van der Waals surface area contributed by atoms with Crippen LogP contribution in [0.1, 0.15) is 28.6 Å². The van der Waals surface area contributed by atoms with Crippen molar-refractivity contribution in [2.45, 2.75) is 30.8 Å². The molecule has 2 saturated heterocycles. The Kier molecular flexibility index (Phi) is 4.75. The SMILES string of the molecule is COC(=O)c1nccn([C@@H]2O[C@H](CO)[C@H]3OC(c4ccccc4)O[C@H]32)c1=O. The van der Waals surface area contributed by atoms with Crippen molar-refractivity contribution in [1.29, 1.82) is 0 Å². The average molecular weight is 374 g/mol. The molecule has 1 N–H and O–H groups in total. The minimum atomic E-state index is -0.875. The van der Waals surface area contributed by atoms with E-state index in [4.69, 9.17) is 14.2 Å². The number of hydrogen-bond acceptors (Lipinski definition) is 8. The number of fused-ring (bicyclic) bond motifs is 1. The van der Waals surface area contributed by atoms with Crippen LogP contribution in [0.2, 0.25) is 0 Å². The first-order valence-electron chi connectivity index (χ1n) is 8.41. The van der Waals surface area contributed by atoms with Gasteiger partial charge in [0.1, 0.15) is 18.3 Å². The lowest BCUT2D eigenvalue weighted by Crippen LogP contribution is -2.36. The second-order valence-electron chi connectivity index (χ2n) is 6.17. The highest BCUT2D eigenvalue weighted by atomic mass is 16.8. The molecule has 2 aromatic rings. The zero-order valence-electron chi connectivity index (χ0n) is 14.4. The van der Waals surface area contributed by atoms with E-state index in [1.54, 1.807) is 0 Å². The molecule has 0 radical (unpaired) electrons. The predicted octanol–water partition coefficient (Wildman–Crippen LogP) is 0.402. The first-order chi connectivity index (χ1) is 13.1. The van der Waals surface area contributed by atoms with Gasteiger partial charge < -0.3 is 24.1 Å². The molecule has 0 spiro atoms. The van der Waals surface area contributed by atoms with Crippen LogP contribution in [-0.4, -0.2) is 52.7 Å². The number of benzene rings is 1. The van der Waals surface area contributed by atoms with Crippen LogP contribution in [0, 0.1) is 0 Å².